The standard InChI is InChI=1S/C21H22Cl3N3O3/c1-13(30-19-6-4-15(22)12-17(19)24)20(28)25-18-11-14(3-5-16(18)23)21(29)27-9-7-26(2)8-10-27/h3-6,11-13H,7-10H2,1-2H3,(H,25,28). The molecule has 1 N–H and O–H groups in total. The molecule has 0 radical (unpaired) electrons. The predicted octanol–water partition coefficient (Wildman–Crippen LogP) is 4.44. The largest absolute Gasteiger partial charge is 0.479 e. The molecule has 0 spiro atoms. The second kappa shape index (κ2) is 9.88. The number of ether oxygens (including phenoxy) is 1. The van der Waals surface area contributed by atoms with Crippen molar-refractivity contribution in [2.45, 2.75) is 13.0 Å². The van der Waals surface area contributed by atoms with E-state index in [1.54, 1.807) is 42.2 Å². The van der Waals surface area contributed by atoms with Gasteiger partial charge >= 0.3 is 0 Å². The van der Waals surface area contributed by atoms with Crippen molar-refractivity contribution in [2.24, 2.45) is 0 Å². The van der Waals surface area contributed by atoms with Crippen molar-refractivity contribution in [1.82, 2.24) is 9.80 Å². The normalized spacial score (nSPS) is 15.6. The first-order valence-electron chi connectivity index (χ1n) is 9.44. The Hall–Kier alpha value is -1.99. The summed E-state index contributed by atoms with van der Waals surface area (Å²) < 4.78 is 5.63. The lowest BCUT2D eigenvalue weighted by atomic mass is 10.1. The Kier molecular flexibility index (Phi) is 7.47. The fourth-order valence-electron chi connectivity index (χ4n) is 3.00. The lowest BCUT2D eigenvalue weighted by molar-refractivity contribution is -0.122. The van der Waals surface area contributed by atoms with Crippen LogP contribution in [0.5, 0.6) is 5.75 Å². The molecule has 2 aromatic rings. The smallest absolute Gasteiger partial charge is 0.265 e. The Morgan fingerprint density at radius 2 is 1.70 bits per heavy atom. The Bertz CT molecular complexity index is 946. The minimum Gasteiger partial charge on any atom is -0.479 e. The van der Waals surface area contributed by atoms with Crippen molar-refractivity contribution in [3.63, 3.8) is 0 Å². The summed E-state index contributed by atoms with van der Waals surface area (Å²) in [6.45, 7) is 4.56. The van der Waals surface area contributed by atoms with Crippen LogP contribution in [0, 0.1) is 0 Å². The molecule has 1 unspecified atom stereocenters. The van der Waals surface area contributed by atoms with E-state index in [2.05, 4.69) is 10.2 Å². The molecule has 0 bridgehead atoms. The van der Waals surface area contributed by atoms with Gasteiger partial charge in [-0.05, 0) is 50.4 Å². The Balaban J connectivity index is 1.68. The fraction of sp³-hybridized carbons (Fsp3) is 0.333. The number of likely N-dealkylation sites (N-methyl/N-ethyl adjacent to an activating group) is 1. The summed E-state index contributed by atoms with van der Waals surface area (Å²) in [5.41, 5.74) is 0.813. The third-order valence-corrected chi connectivity index (χ3v) is 5.69. The molecule has 0 saturated carbocycles. The van der Waals surface area contributed by atoms with E-state index in [-0.39, 0.29) is 5.91 Å². The molecule has 1 fully saturated rings. The van der Waals surface area contributed by atoms with Crippen molar-refractivity contribution in [1.29, 1.82) is 0 Å². The van der Waals surface area contributed by atoms with E-state index in [4.69, 9.17) is 39.5 Å². The first-order valence-corrected chi connectivity index (χ1v) is 10.6. The van der Waals surface area contributed by atoms with E-state index in [9.17, 15) is 9.59 Å². The molecule has 9 heteroatoms. The highest BCUT2D eigenvalue weighted by Crippen LogP contribution is 2.29. The zero-order chi connectivity index (χ0) is 21.8. The molecule has 6 nitrogen and oxygen atoms in total. The Morgan fingerprint density at radius 3 is 2.37 bits per heavy atom. The predicted molar refractivity (Wildman–Crippen MR) is 120 cm³/mol. The zero-order valence-electron chi connectivity index (χ0n) is 16.6. The highest BCUT2D eigenvalue weighted by molar-refractivity contribution is 6.35. The average molecular weight is 471 g/mol. The number of piperazine rings is 1. The number of hydrogen-bond acceptors (Lipinski definition) is 4. The van der Waals surface area contributed by atoms with Gasteiger partial charge in [0.25, 0.3) is 11.8 Å². The number of benzene rings is 2. The van der Waals surface area contributed by atoms with Gasteiger partial charge in [0.2, 0.25) is 0 Å². The molecular formula is C21H22Cl3N3O3. The van der Waals surface area contributed by atoms with Crippen LogP contribution < -0.4 is 10.1 Å². The van der Waals surface area contributed by atoms with Gasteiger partial charge in [0, 0.05) is 36.8 Å². The van der Waals surface area contributed by atoms with E-state index in [1.807, 2.05) is 7.05 Å². The summed E-state index contributed by atoms with van der Waals surface area (Å²) in [6.07, 6.45) is -0.850. The number of nitrogens with zero attached hydrogens (tertiary/aromatic N) is 2. The molecule has 30 heavy (non-hydrogen) atoms. The van der Waals surface area contributed by atoms with Gasteiger partial charge in [-0.25, -0.2) is 0 Å². The highest BCUT2D eigenvalue weighted by atomic mass is 35.5. The molecule has 160 valence electrons. The van der Waals surface area contributed by atoms with Crippen LogP contribution in [0.3, 0.4) is 0 Å². The molecular weight excluding hydrogens is 449 g/mol. The molecule has 1 heterocycles. The van der Waals surface area contributed by atoms with Crippen LogP contribution in [0.15, 0.2) is 36.4 Å². The summed E-state index contributed by atoms with van der Waals surface area (Å²) in [6, 6.07) is 9.60. The molecule has 1 saturated heterocycles. The van der Waals surface area contributed by atoms with E-state index in [1.165, 1.54) is 6.07 Å². The maximum atomic E-state index is 12.8. The number of amides is 2. The van der Waals surface area contributed by atoms with Crippen LogP contribution in [-0.2, 0) is 4.79 Å². The minimum atomic E-state index is -0.850. The Labute approximate surface area is 190 Å². The molecule has 1 aliphatic heterocycles. The molecule has 1 atom stereocenters. The molecule has 0 aromatic heterocycles. The van der Waals surface area contributed by atoms with Gasteiger partial charge in [-0.2, -0.15) is 0 Å². The van der Waals surface area contributed by atoms with E-state index < -0.39 is 12.0 Å². The number of anilines is 1. The second-order valence-electron chi connectivity index (χ2n) is 7.11. The van der Waals surface area contributed by atoms with Crippen molar-refractivity contribution >= 4 is 52.3 Å². The Morgan fingerprint density at radius 1 is 1.00 bits per heavy atom. The average Bonchev–Trinajstić information content (AvgIpc) is 2.71. The van der Waals surface area contributed by atoms with Gasteiger partial charge < -0.3 is 19.9 Å². The summed E-state index contributed by atoms with van der Waals surface area (Å²) in [5.74, 6) is -0.173. The highest BCUT2D eigenvalue weighted by Gasteiger charge is 2.22. The van der Waals surface area contributed by atoms with Crippen molar-refractivity contribution in [2.75, 3.05) is 38.5 Å². The van der Waals surface area contributed by atoms with Crippen LogP contribution in [0.1, 0.15) is 17.3 Å². The van der Waals surface area contributed by atoms with Gasteiger partial charge in [-0.15, -0.1) is 0 Å². The zero-order valence-corrected chi connectivity index (χ0v) is 18.9. The first-order chi connectivity index (χ1) is 14.2. The number of halogens is 3. The molecule has 2 amide bonds. The molecule has 2 aromatic carbocycles. The van der Waals surface area contributed by atoms with E-state index in [0.717, 1.165) is 13.1 Å². The molecule has 0 aliphatic carbocycles. The van der Waals surface area contributed by atoms with Crippen molar-refractivity contribution in [3.05, 3.63) is 57.0 Å². The van der Waals surface area contributed by atoms with Crippen LogP contribution >= 0.6 is 34.8 Å². The number of rotatable bonds is 5. The van der Waals surface area contributed by atoms with Crippen LogP contribution in [0.4, 0.5) is 5.69 Å². The summed E-state index contributed by atoms with van der Waals surface area (Å²) in [5, 5.41) is 3.83. The lowest BCUT2D eigenvalue weighted by Gasteiger charge is -2.32. The van der Waals surface area contributed by atoms with Gasteiger partial charge in [-0.3, -0.25) is 9.59 Å². The van der Waals surface area contributed by atoms with Gasteiger partial charge in [-0.1, -0.05) is 34.8 Å². The summed E-state index contributed by atoms with van der Waals surface area (Å²) in [4.78, 5) is 29.4. The number of hydrogen-bond donors (Lipinski definition) is 1. The maximum absolute atomic E-state index is 12.8. The SMILES string of the molecule is CC(Oc1ccc(Cl)cc1Cl)C(=O)Nc1cc(C(=O)N2CCN(C)CC2)ccc1Cl. The lowest BCUT2D eigenvalue weighted by Crippen LogP contribution is -2.47. The van der Waals surface area contributed by atoms with Gasteiger partial charge in [0.05, 0.1) is 15.7 Å². The van der Waals surface area contributed by atoms with E-state index in [0.29, 0.717) is 45.2 Å². The fourth-order valence-corrected chi connectivity index (χ4v) is 3.61. The topological polar surface area (TPSA) is 61.9 Å². The summed E-state index contributed by atoms with van der Waals surface area (Å²) in [7, 11) is 2.03. The number of carbonyl (C=O) groups excluding carboxylic acids is 2. The van der Waals surface area contributed by atoms with Gasteiger partial charge in [0.15, 0.2) is 6.10 Å². The summed E-state index contributed by atoms with van der Waals surface area (Å²) >= 11 is 18.2. The van der Waals surface area contributed by atoms with Crippen LogP contribution in [0.25, 0.3) is 0 Å². The minimum absolute atomic E-state index is 0.0903. The van der Waals surface area contributed by atoms with Crippen molar-refractivity contribution < 1.29 is 14.3 Å². The second-order valence-corrected chi connectivity index (χ2v) is 8.37. The van der Waals surface area contributed by atoms with Crippen molar-refractivity contribution in [3.8, 4) is 5.75 Å². The third kappa shape index (κ3) is 5.58. The number of carbonyl (C=O) groups is 2. The monoisotopic (exact) mass is 469 g/mol. The number of nitrogens with one attached hydrogen (secondary N) is 1. The quantitative estimate of drug-likeness (QED) is 0.702. The van der Waals surface area contributed by atoms with Crippen LogP contribution in [-0.4, -0.2) is 60.9 Å². The molecule has 3 rings (SSSR count). The van der Waals surface area contributed by atoms with Gasteiger partial charge in [0.1, 0.15) is 5.75 Å². The maximum Gasteiger partial charge on any atom is 0.265 e. The first kappa shape index (κ1) is 22.7. The molecule has 1 aliphatic rings. The van der Waals surface area contributed by atoms with Crippen LogP contribution in [0.2, 0.25) is 15.1 Å². The third-order valence-electron chi connectivity index (χ3n) is 4.83. The van der Waals surface area contributed by atoms with E-state index >= 15 is 0 Å².